The Balaban J connectivity index is 1.49. The highest BCUT2D eigenvalue weighted by Gasteiger charge is 2.48. The average Bonchev–Trinajstić information content (AvgIpc) is 3.50. The van der Waals surface area contributed by atoms with Crippen molar-refractivity contribution in [1.82, 2.24) is 9.78 Å². The zero-order chi connectivity index (χ0) is 23.3. The van der Waals surface area contributed by atoms with Crippen LogP contribution in [0.25, 0.3) is 0 Å². The van der Waals surface area contributed by atoms with Crippen LogP contribution in [0, 0.1) is 11.3 Å². The SMILES string of the molecule is N#Cc1c(NC(=O)c2nn3c(c2Br)NC(c2ccco2)CC3C(F)(F)F)sc2c1CCCC2. The first kappa shape index (κ1) is 22.0. The minimum absolute atomic E-state index is 0.0427. The number of carbonyl (C=O) groups is 1. The number of halogens is 4. The molecule has 3 aromatic heterocycles. The normalized spacial score (nSPS) is 19.8. The Morgan fingerprint density at radius 3 is 2.88 bits per heavy atom. The fourth-order valence-electron chi connectivity index (χ4n) is 4.35. The summed E-state index contributed by atoms with van der Waals surface area (Å²) in [5.41, 5.74) is 1.18. The molecular formula is C21H17BrF3N5O2S. The lowest BCUT2D eigenvalue weighted by Crippen LogP contribution is -2.35. The van der Waals surface area contributed by atoms with Crippen molar-refractivity contribution in [3.8, 4) is 6.07 Å². The maximum atomic E-state index is 13.9. The van der Waals surface area contributed by atoms with Crippen molar-refractivity contribution in [3.63, 3.8) is 0 Å². The number of hydrogen-bond acceptors (Lipinski definition) is 6. The first-order valence-corrected chi connectivity index (χ1v) is 11.9. The van der Waals surface area contributed by atoms with E-state index in [-0.39, 0.29) is 22.4 Å². The number of aryl methyl sites for hydroxylation is 1. The molecule has 1 amide bonds. The largest absolute Gasteiger partial charge is 0.467 e. The van der Waals surface area contributed by atoms with E-state index in [0.29, 0.717) is 16.3 Å². The van der Waals surface area contributed by atoms with Gasteiger partial charge in [0, 0.05) is 11.3 Å². The van der Waals surface area contributed by atoms with E-state index in [0.717, 1.165) is 40.8 Å². The number of rotatable bonds is 3. The third-order valence-corrected chi connectivity index (χ3v) is 7.87. The van der Waals surface area contributed by atoms with E-state index >= 15 is 0 Å². The number of fused-ring (bicyclic) bond motifs is 2. The quantitative estimate of drug-likeness (QED) is 0.427. The molecule has 2 atom stereocenters. The highest BCUT2D eigenvalue weighted by Crippen LogP contribution is 2.46. The lowest BCUT2D eigenvalue weighted by Gasteiger charge is -2.32. The Morgan fingerprint density at radius 1 is 1.39 bits per heavy atom. The van der Waals surface area contributed by atoms with Crippen LogP contribution in [-0.4, -0.2) is 21.9 Å². The Labute approximate surface area is 198 Å². The van der Waals surface area contributed by atoms with Crippen LogP contribution >= 0.6 is 27.3 Å². The van der Waals surface area contributed by atoms with Crippen molar-refractivity contribution in [2.45, 2.75) is 50.4 Å². The summed E-state index contributed by atoms with van der Waals surface area (Å²) in [6, 6.07) is 2.68. The maximum Gasteiger partial charge on any atom is 0.410 e. The molecule has 1 aliphatic carbocycles. The third kappa shape index (κ3) is 3.83. The molecule has 12 heteroatoms. The molecule has 0 radical (unpaired) electrons. The number of hydrogen-bond donors (Lipinski definition) is 2. The van der Waals surface area contributed by atoms with Gasteiger partial charge in [0.2, 0.25) is 0 Å². The van der Waals surface area contributed by atoms with E-state index in [2.05, 4.69) is 37.7 Å². The van der Waals surface area contributed by atoms with E-state index < -0.39 is 24.2 Å². The number of aromatic nitrogens is 2. The van der Waals surface area contributed by atoms with Gasteiger partial charge in [0.15, 0.2) is 11.7 Å². The number of anilines is 2. The summed E-state index contributed by atoms with van der Waals surface area (Å²) in [7, 11) is 0. The van der Waals surface area contributed by atoms with Gasteiger partial charge in [0.1, 0.15) is 22.6 Å². The molecule has 0 saturated heterocycles. The molecular weight excluding hydrogens is 523 g/mol. The molecule has 0 bridgehead atoms. The van der Waals surface area contributed by atoms with Gasteiger partial charge in [-0.1, -0.05) is 0 Å². The van der Waals surface area contributed by atoms with Gasteiger partial charge in [-0.25, -0.2) is 4.68 Å². The second kappa shape index (κ2) is 8.22. The fraction of sp³-hybridized carbons (Fsp3) is 0.381. The number of alkyl halides is 3. The highest BCUT2D eigenvalue weighted by molar-refractivity contribution is 9.10. The van der Waals surface area contributed by atoms with Crippen LogP contribution in [0.2, 0.25) is 0 Å². The molecule has 0 spiro atoms. The van der Waals surface area contributed by atoms with Crippen molar-refractivity contribution in [1.29, 1.82) is 5.26 Å². The molecule has 33 heavy (non-hydrogen) atoms. The number of amides is 1. The van der Waals surface area contributed by atoms with E-state index in [1.54, 1.807) is 12.1 Å². The molecule has 2 unspecified atom stereocenters. The Morgan fingerprint density at radius 2 is 2.18 bits per heavy atom. The topological polar surface area (TPSA) is 95.9 Å². The zero-order valence-corrected chi connectivity index (χ0v) is 19.4. The number of furan rings is 1. The van der Waals surface area contributed by atoms with Crippen LogP contribution < -0.4 is 10.6 Å². The lowest BCUT2D eigenvalue weighted by atomic mass is 9.96. The van der Waals surface area contributed by atoms with Crippen LogP contribution in [0.15, 0.2) is 27.3 Å². The summed E-state index contributed by atoms with van der Waals surface area (Å²) in [6.45, 7) is 0. The Bertz CT molecular complexity index is 1260. The summed E-state index contributed by atoms with van der Waals surface area (Å²) in [5, 5.41) is 19.7. The number of nitrogens with zero attached hydrogens (tertiary/aromatic N) is 3. The number of carbonyl (C=O) groups excluding carboxylic acids is 1. The highest BCUT2D eigenvalue weighted by atomic mass is 79.9. The van der Waals surface area contributed by atoms with E-state index in [9.17, 15) is 23.2 Å². The molecule has 3 aromatic rings. The van der Waals surface area contributed by atoms with Crippen molar-refractivity contribution >= 4 is 44.0 Å². The summed E-state index contributed by atoms with van der Waals surface area (Å²) in [5.74, 6) is -0.283. The van der Waals surface area contributed by atoms with Crippen molar-refractivity contribution in [2.24, 2.45) is 0 Å². The van der Waals surface area contributed by atoms with Crippen LogP contribution in [0.5, 0.6) is 0 Å². The van der Waals surface area contributed by atoms with Crippen molar-refractivity contribution in [3.05, 3.63) is 50.3 Å². The molecule has 2 aliphatic rings. The van der Waals surface area contributed by atoms with Gasteiger partial charge in [-0.15, -0.1) is 11.3 Å². The van der Waals surface area contributed by atoms with Gasteiger partial charge < -0.3 is 15.1 Å². The minimum atomic E-state index is -4.58. The van der Waals surface area contributed by atoms with Gasteiger partial charge in [-0.05, 0) is 59.3 Å². The third-order valence-electron chi connectivity index (χ3n) is 5.91. The molecule has 172 valence electrons. The van der Waals surface area contributed by atoms with E-state index in [1.165, 1.54) is 17.6 Å². The van der Waals surface area contributed by atoms with Crippen LogP contribution in [0.4, 0.5) is 24.0 Å². The summed E-state index contributed by atoms with van der Waals surface area (Å²) < 4.78 is 47.9. The van der Waals surface area contributed by atoms with Crippen LogP contribution in [-0.2, 0) is 12.8 Å². The molecule has 0 fully saturated rings. The smallest absolute Gasteiger partial charge is 0.410 e. The molecule has 7 nitrogen and oxygen atoms in total. The van der Waals surface area contributed by atoms with Crippen LogP contribution in [0.1, 0.15) is 63.6 Å². The molecule has 5 rings (SSSR count). The first-order valence-electron chi connectivity index (χ1n) is 10.3. The lowest BCUT2D eigenvalue weighted by molar-refractivity contribution is -0.174. The number of nitriles is 1. The van der Waals surface area contributed by atoms with Crippen molar-refractivity contribution < 1.29 is 22.4 Å². The van der Waals surface area contributed by atoms with E-state index in [1.807, 2.05) is 0 Å². The zero-order valence-electron chi connectivity index (χ0n) is 17.0. The number of thiophene rings is 1. The average molecular weight is 540 g/mol. The molecule has 4 heterocycles. The van der Waals surface area contributed by atoms with Gasteiger partial charge in [-0.3, -0.25) is 4.79 Å². The standard InChI is InChI=1S/C21H17BrF3N5O2S/c22-16-17(19(31)28-20-11(9-26)10-4-1-2-6-14(10)33-20)29-30-15(21(23,24)25)8-12(27-18(16)30)13-5-3-7-32-13/h3,5,7,12,15,27H,1-2,4,6,8H2,(H,28,31). The predicted octanol–water partition coefficient (Wildman–Crippen LogP) is 5.96. The van der Waals surface area contributed by atoms with E-state index in [4.69, 9.17) is 4.42 Å². The Hall–Kier alpha value is -2.78. The predicted molar refractivity (Wildman–Crippen MR) is 118 cm³/mol. The molecule has 1 aliphatic heterocycles. The monoisotopic (exact) mass is 539 g/mol. The van der Waals surface area contributed by atoms with Crippen molar-refractivity contribution in [2.75, 3.05) is 10.6 Å². The maximum absolute atomic E-state index is 13.9. The van der Waals surface area contributed by atoms with Gasteiger partial charge in [0.25, 0.3) is 5.91 Å². The molecule has 2 N–H and O–H groups in total. The minimum Gasteiger partial charge on any atom is -0.467 e. The summed E-state index contributed by atoms with van der Waals surface area (Å²) in [6.07, 6.45) is 0.0968. The first-order chi connectivity index (χ1) is 15.8. The summed E-state index contributed by atoms with van der Waals surface area (Å²) >= 11 is 4.60. The second-order valence-corrected chi connectivity index (χ2v) is 9.84. The van der Waals surface area contributed by atoms with Gasteiger partial charge in [-0.2, -0.15) is 23.5 Å². The van der Waals surface area contributed by atoms with Gasteiger partial charge in [0.05, 0.1) is 22.3 Å². The Kier molecular flexibility index (Phi) is 5.49. The van der Waals surface area contributed by atoms with Gasteiger partial charge >= 0.3 is 6.18 Å². The molecule has 0 aromatic carbocycles. The number of nitrogens with one attached hydrogen (secondary N) is 2. The second-order valence-electron chi connectivity index (χ2n) is 7.94. The fourth-order valence-corrected chi connectivity index (χ4v) is 6.14. The molecule has 0 saturated carbocycles. The summed E-state index contributed by atoms with van der Waals surface area (Å²) in [4.78, 5) is 14.1. The van der Waals surface area contributed by atoms with Crippen LogP contribution in [0.3, 0.4) is 0 Å².